The van der Waals surface area contributed by atoms with E-state index in [1.54, 1.807) is 23.6 Å². The molecule has 0 aliphatic carbocycles. The highest BCUT2D eigenvalue weighted by Crippen LogP contribution is 2.30. The van der Waals surface area contributed by atoms with Crippen LogP contribution in [-0.2, 0) is 6.42 Å². The summed E-state index contributed by atoms with van der Waals surface area (Å²) in [4.78, 5) is 16.8. The molecule has 0 saturated heterocycles. The van der Waals surface area contributed by atoms with Crippen LogP contribution in [0.3, 0.4) is 0 Å². The largest absolute Gasteiger partial charge is 0.369 e. The fourth-order valence-electron chi connectivity index (χ4n) is 1.73. The van der Waals surface area contributed by atoms with Crippen LogP contribution in [0.4, 0.5) is 11.4 Å². The van der Waals surface area contributed by atoms with Crippen LogP contribution in [0.5, 0.6) is 0 Å². The van der Waals surface area contributed by atoms with Gasteiger partial charge in [-0.1, -0.05) is 15.9 Å². The van der Waals surface area contributed by atoms with Gasteiger partial charge in [-0.2, -0.15) is 0 Å². The van der Waals surface area contributed by atoms with E-state index in [0.29, 0.717) is 16.7 Å². The van der Waals surface area contributed by atoms with Gasteiger partial charge in [0.2, 0.25) is 0 Å². The Balaban J connectivity index is 2.14. The summed E-state index contributed by atoms with van der Waals surface area (Å²) in [5.41, 5.74) is 0.723. The van der Waals surface area contributed by atoms with Crippen LogP contribution in [0.25, 0.3) is 0 Å². The maximum atomic E-state index is 11.1. The number of thiazole rings is 1. The van der Waals surface area contributed by atoms with Crippen molar-refractivity contribution in [2.24, 2.45) is 0 Å². The van der Waals surface area contributed by atoms with E-state index in [9.17, 15) is 10.1 Å². The molecule has 19 heavy (non-hydrogen) atoms. The number of anilines is 1. The molecule has 7 heteroatoms. The maximum Gasteiger partial charge on any atom is 0.293 e. The first-order chi connectivity index (χ1) is 9.08. The van der Waals surface area contributed by atoms with Crippen LogP contribution in [0.15, 0.2) is 34.2 Å². The van der Waals surface area contributed by atoms with Crippen LogP contribution < -0.4 is 4.90 Å². The second kappa shape index (κ2) is 6.12. The molecule has 2 rings (SSSR count). The first-order valence-electron chi connectivity index (χ1n) is 5.61. The van der Waals surface area contributed by atoms with Crippen molar-refractivity contribution in [2.45, 2.75) is 6.42 Å². The average Bonchev–Trinajstić information content (AvgIpc) is 2.88. The van der Waals surface area contributed by atoms with Gasteiger partial charge in [0.05, 0.1) is 9.93 Å². The minimum atomic E-state index is -0.361. The van der Waals surface area contributed by atoms with Gasteiger partial charge in [-0.3, -0.25) is 10.1 Å². The van der Waals surface area contributed by atoms with Crippen molar-refractivity contribution >= 4 is 38.6 Å². The van der Waals surface area contributed by atoms with E-state index in [0.717, 1.165) is 11.4 Å². The van der Waals surface area contributed by atoms with E-state index >= 15 is 0 Å². The molecule has 2 aromatic rings. The highest BCUT2D eigenvalue weighted by molar-refractivity contribution is 9.10. The van der Waals surface area contributed by atoms with Crippen molar-refractivity contribution in [2.75, 3.05) is 18.5 Å². The molecule has 0 radical (unpaired) electrons. The van der Waals surface area contributed by atoms with Crippen molar-refractivity contribution in [3.63, 3.8) is 0 Å². The molecule has 0 atom stereocenters. The summed E-state index contributed by atoms with van der Waals surface area (Å²) >= 11 is 4.85. The van der Waals surface area contributed by atoms with Gasteiger partial charge < -0.3 is 4.90 Å². The fourth-order valence-corrected chi connectivity index (χ4v) is 2.68. The Morgan fingerprint density at radius 2 is 2.32 bits per heavy atom. The third-order valence-electron chi connectivity index (χ3n) is 2.69. The van der Waals surface area contributed by atoms with Crippen LogP contribution in [0, 0.1) is 10.1 Å². The lowest BCUT2D eigenvalue weighted by Crippen LogP contribution is -2.21. The predicted molar refractivity (Wildman–Crippen MR) is 79.9 cm³/mol. The number of hydrogen-bond acceptors (Lipinski definition) is 5. The lowest BCUT2D eigenvalue weighted by atomic mass is 10.2. The zero-order valence-electron chi connectivity index (χ0n) is 10.2. The smallest absolute Gasteiger partial charge is 0.293 e. The van der Waals surface area contributed by atoms with Gasteiger partial charge >= 0.3 is 0 Å². The van der Waals surface area contributed by atoms with E-state index in [1.807, 2.05) is 23.4 Å². The molecule has 0 aliphatic heterocycles. The quantitative estimate of drug-likeness (QED) is 0.616. The SMILES string of the molecule is CN(CCc1nccs1)c1ccc(Br)cc1[N+](=O)[O-]. The second-order valence-corrected chi connectivity index (χ2v) is 5.88. The number of benzene rings is 1. The van der Waals surface area contributed by atoms with E-state index in [2.05, 4.69) is 20.9 Å². The van der Waals surface area contributed by atoms with Crippen molar-refractivity contribution in [1.82, 2.24) is 4.98 Å². The summed E-state index contributed by atoms with van der Waals surface area (Å²) in [5, 5.41) is 14.0. The van der Waals surface area contributed by atoms with Crippen LogP contribution in [0.2, 0.25) is 0 Å². The van der Waals surface area contributed by atoms with E-state index in [-0.39, 0.29) is 10.6 Å². The molecule has 0 saturated carbocycles. The number of aromatic nitrogens is 1. The first kappa shape index (κ1) is 14.0. The predicted octanol–water partition coefficient (Wildman–Crippen LogP) is 3.49. The number of rotatable bonds is 5. The van der Waals surface area contributed by atoms with E-state index < -0.39 is 0 Å². The van der Waals surface area contributed by atoms with Gasteiger partial charge in [0.15, 0.2) is 0 Å². The third kappa shape index (κ3) is 3.51. The Kier molecular flexibility index (Phi) is 4.49. The molecule has 0 amide bonds. The van der Waals surface area contributed by atoms with E-state index in [4.69, 9.17) is 0 Å². The third-order valence-corrected chi connectivity index (χ3v) is 4.02. The van der Waals surface area contributed by atoms with E-state index in [1.165, 1.54) is 6.07 Å². The molecule has 0 aliphatic rings. The molecule has 1 heterocycles. The molecule has 0 spiro atoms. The Bertz CT molecular complexity index is 574. The molecule has 100 valence electrons. The summed E-state index contributed by atoms with van der Waals surface area (Å²) in [7, 11) is 1.85. The molecule has 0 N–H and O–H groups in total. The van der Waals surface area contributed by atoms with Crippen molar-refractivity contribution in [1.29, 1.82) is 0 Å². The van der Waals surface area contributed by atoms with Crippen LogP contribution in [0.1, 0.15) is 5.01 Å². The Labute approximate surface area is 123 Å². The van der Waals surface area contributed by atoms with Crippen molar-refractivity contribution < 1.29 is 4.92 Å². The van der Waals surface area contributed by atoms with Crippen molar-refractivity contribution in [3.05, 3.63) is 49.4 Å². The molecule has 0 bridgehead atoms. The molecular weight excluding hydrogens is 330 g/mol. The Hall–Kier alpha value is -1.47. The number of nitro benzene ring substituents is 1. The lowest BCUT2D eigenvalue weighted by molar-refractivity contribution is -0.384. The highest BCUT2D eigenvalue weighted by Gasteiger charge is 2.17. The van der Waals surface area contributed by atoms with Gasteiger partial charge in [0, 0.05) is 42.1 Å². The van der Waals surface area contributed by atoms with Gasteiger partial charge in [0.1, 0.15) is 5.69 Å². The van der Waals surface area contributed by atoms with Crippen molar-refractivity contribution in [3.8, 4) is 0 Å². The molecule has 0 unspecified atom stereocenters. The van der Waals surface area contributed by atoms with Crippen LogP contribution >= 0.6 is 27.3 Å². The normalized spacial score (nSPS) is 10.4. The number of hydrogen-bond donors (Lipinski definition) is 0. The number of nitrogens with zero attached hydrogens (tertiary/aromatic N) is 3. The Morgan fingerprint density at radius 3 is 2.95 bits per heavy atom. The average molecular weight is 342 g/mol. The molecule has 5 nitrogen and oxygen atoms in total. The topological polar surface area (TPSA) is 59.3 Å². The monoisotopic (exact) mass is 341 g/mol. The maximum absolute atomic E-state index is 11.1. The minimum absolute atomic E-state index is 0.107. The van der Waals surface area contributed by atoms with Gasteiger partial charge in [-0.15, -0.1) is 11.3 Å². The zero-order chi connectivity index (χ0) is 13.8. The summed E-state index contributed by atoms with van der Waals surface area (Å²) in [6, 6.07) is 5.08. The number of halogens is 1. The van der Waals surface area contributed by atoms with Gasteiger partial charge in [-0.25, -0.2) is 4.98 Å². The number of nitro groups is 1. The second-order valence-electron chi connectivity index (χ2n) is 3.99. The summed E-state index contributed by atoms with van der Waals surface area (Å²) in [6.07, 6.45) is 2.55. The minimum Gasteiger partial charge on any atom is -0.369 e. The van der Waals surface area contributed by atoms with Gasteiger partial charge in [0.25, 0.3) is 5.69 Å². The fraction of sp³-hybridized carbons (Fsp3) is 0.250. The molecular formula is C12H12BrN3O2S. The highest BCUT2D eigenvalue weighted by atomic mass is 79.9. The summed E-state index contributed by atoms with van der Waals surface area (Å²) in [5.74, 6) is 0. The standard InChI is InChI=1S/C12H12BrN3O2S/c1-15(6-4-12-14-5-7-19-12)10-3-2-9(13)8-11(10)16(17)18/h2-3,5,7-8H,4,6H2,1H3. The lowest BCUT2D eigenvalue weighted by Gasteiger charge is -2.18. The number of likely N-dealkylation sites (N-methyl/N-ethyl adjacent to an activating group) is 1. The van der Waals surface area contributed by atoms with Crippen LogP contribution in [-0.4, -0.2) is 23.5 Å². The molecule has 1 aromatic heterocycles. The first-order valence-corrected chi connectivity index (χ1v) is 7.28. The molecule has 1 aromatic carbocycles. The Morgan fingerprint density at radius 1 is 1.53 bits per heavy atom. The summed E-state index contributed by atoms with van der Waals surface area (Å²) in [6.45, 7) is 0.690. The van der Waals surface area contributed by atoms with Gasteiger partial charge in [-0.05, 0) is 12.1 Å². The zero-order valence-corrected chi connectivity index (χ0v) is 12.6. The molecule has 0 fully saturated rings. The summed E-state index contributed by atoms with van der Waals surface area (Å²) < 4.78 is 0.705.